The third-order valence-electron chi connectivity index (χ3n) is 13.1. The number of esters is 2. The Morgan fingerprint density at radius 1 is 0.377 bits per heavy atom. The van der Waals surface area contributed by atoms with E-state index >= 15 is 0 Å². The monoisotopic (exact) mass is 865 g/mol. The summed E-state index contributed by atoms with van der Waals surface area (Å²) in [6.45, 7) is 18.3. The van der Waals surface area contributed by atoms with Crippen molar-refractivity contribution >= 4 is 11.9 Å². The normalized spacial score (nSPS) is 11.8. The second kappa shape index (κ2) is 48.3. The fourth-order valence-corrected chi connectivity index (χ4v) is 8.79. The van der Waals surface area contributed by atoms with E-state index in [1.165, 1.54) is 180 Å². The van der Waals surface area contributed by atoms with Crippen LogP contribution in [-0.2, 0) is 19.1 Å². The molecule has 7 heteroatoms. The number of hydrogen-bond acceptors (Lipinski definition) is 7. The summed E-state index contributed by atoms with van der Waals surface area (Å²) in [5, 5.41) is 9.75. The Morgan fingerprint density at radius 3 is 1.03 bits per heavy atom. The fourth-order valence-electron chi connectivity index (χ4n) is 8.79. The van der Waals surface area contributed by atoms with E-state index in [9.17, 15) is 14.7 Å². The lowest BCUT2D eigenvalue weighted by Crippen LogP contribution is -2.37. The standard InChI is InChI=1S/C54H108N2O5/c1-6-11-15-19-23-29-37-51(38-30-24-20-16-12-7-2)49-60-53(58)41-33-27-35-43-55(10-5)45-46-56(47-48-57)44-36-28-34-42-54(59)61-50-52(39-31-25-21-17-13-8-3)40-32-26-22-18-14-9-4/h51-52,57H,6-50H2,1-5H3. The number of aliphatic hydroxyl groups is 1. The number of unbranched alkanes of at least 4 members (excludes halogenated alkanes) is 24. The van der Waals surface area contributed by atoms with Crippen molar-refractivity contribution in [3.8, 4) is 0 Å². The second-order valence-electron chi connectivity index (χ2n) is 18.9. The van der Waals surface area contributed by atoms with Crippen LogP contribution in [0.2, 0.25) is 0 Å². The number of aliphatic hydroxyl groups excluding tert-OH is 1. The molecular formula is C54H108N2O5. The molecule has 0 aliphatic carbocycles. The van der Waals surface area contributed by atoms with Gasteiger partial charge in [-0.2, -0.15) is 0 Å². The molecular weight excluding hydrogens is 757 g/mol. The smallest absolute Gasteiger partial charge is 0.305 e. The number of nitrogens with zero attached hydrogens (tertiary/aromatic N) is 2. The summed E-state index contributed by atoms with van der Waals surface area (Å²) in [6, 6.07) is 0. The number of carbonyl (C=O) groups excluding carboxylic acids is 2. The van der Waals surface area contributed by atoms with Crippen molar-refractivity contribution in [3.63, 3.8) is 0 Å². The van der Waals surface area contributed by atoms with Gasteiger partial charge in [-0.1, -0.05) is 202 Å². The van der Waals surface area contributed by atoms with Gasteiger partial charge in [0.15, 0.2) is 0 Å². The van der Waals surface area contributed by atoms with Crippen LogP contribution >= 0.6 is 0 Å². The number of hydrogen-bond donors (Lipinski definition) is 1. The first-order chi connectivity index (χ1) is 29.9. The highest BCUT2D eigenvalue weighted by molar-refractivity contribution is 5.69. The van der Waals surface area contributed by atoms with Crippen molar-refractivity contribution in [1.29, 1.82) is 0 Å². The SMILES string of the molecule is CCCCCCCCC(CCCCCCCC)COC(=O)CCCCCN(CC)CCN(CCO)CCCCCC(=O)OCC(CCCCCCCC)CCCCCCCC. The highest BCUT2D eigenvalue weighted by atomic mass is 16.5. The van der Waals surface area contributed by atoms with Gasteiger partial charge in [-0.05, 0) is 82.8 Å². The summed E-state index contributed by atoms with van der Waals surface area (Å²) in [5.41, 5.74) is 0. The van der Waals surface area contributed by atoms with E-state index in [1.807, 2.05) is 0 Å². The zero-order valence-corrected chi connectivity index (χ0v) is 41.9. The topological polar surface area (TPSA) is 79.3 Å². The third kappa shape index (κ3) is 42.5. The van der Waals surface area contributed by atoms with Crippen LogP contribution in [0.3, 0.4) is 0 Å². The molecule has 1 N–H and O–H groups in total. The van der Waals surface area contributed by atoms with Crippen LogP contribution in [0.25, 0.3) is 0 Å². The summed E-state index contributed by atoms with van der Waals surface area (Å²) >= 11 is 0. The van der Waals surface area contributed by atoms with Gasteiger partial charge in [0.25, 0.3) is 0 Å². The van der Waals surface area contributed by atoms with Crippen molar-refractivity contribution in [1.82, 2.24) is 9.80 Å². The molecule has 0 spiro atoms. The largest absolute Gasteiger partial charge is 0.465 e. The molecule has 0 unspecified atom stereocenters. The van der Waals surface area contributed by atoms with Gasteiger partial charge in [0.1, 0.15) is 0 Å². The minimum Gasteiger partial charge on any atom is -0.465 e. The van der Waals surface area contributed by atoms with E-state index in [1.54, 1.807) is 0 Å². The predicted octanol–water partition coefficient (Wildman–Crippen LogP) is 15.0. The van der Waals surface area contributed by atoms with Crippen LogP contribution in [-0.4, -0.2) is 85.9 Å². The molecule has 0 saturated carbocycles. The van der Waals surface area contributed by atoms with Gasteiger partial charge in [0, 0.05) is 32.5 Å². The first-order valence-electron chi connectivity index (χ1n) is 27.3. The van der Waals surface area contributed by atoms with Gasteiger partial charge in [0.05, 0.1) is 19.8 Å². The quantitative estimate of drug-likeness (QED) is 0.0482. The first-order valence-corrected chi connectivity index (χ1v) is 27.3. The third-order valence-corrected chi connectivity index (χ3v) is 13.1. The van der Waals surface area contributed by atoms with E-state index in [-0.39, 0.29) is 18.5 Å². The Balaban J connectivity index is 4.39. The van der Waals surface area contributed by atoms with Crippen molar-refractivity contribution in [2.45, 2.75) is 266 Å². The number of ether oxygens (including phenoxy) is 2. The van der Waals surface area contributed by atoms with Crippen molar-refractivity contribution in [2.24, 2.45) is 11.8 Å². The van der Waals surface area contributed by atoms with Gasteiger partial charge in [-0.25, -0.2) is 0 Å². The molecule has 364 valence electrons. The molecule has 0 bridgehead atoms. The maximum Gasteiger partial charge on any atom is 0.305 e. The molecule has 0 aromatic carbocycles. The van der Waals surface area contributed by atoms with Crippen molar-refractivity contribution in [3.05, 3.63) is 0 Å². The first kappa shape index (κ1) is 59.8. The predicted molar refractivity (Wildman–Crippen MR) is 263 cm³/mol. The Kier molecular flexibility index (Phi) is 47.3. The van der Waals surface area contributed by atoms with E-state index in [0.29, 0.717) is 44.4 Å². The second-order valence-corrected chi connectivity index (χ2v) is 18.9. The van der Waals surface area contributed by atoms with Crippen LogP contribution in [0.1, 0.15) is 266 Å². The Morgan fingerprint density at radius 2 is 0.689 bits per heavy atom. The number of carbonyl (C=O) groups is 2. The van der Waals surface area contributed by atoms with Gasteiger partial charge >= 0.3 is 11.9 Å². The molecule has 0 aliphatic heterocycles. The van der Waals surface area contributed by atoms with E-state index in [4.69, 9.17) is 9.47 Å². The van der Waals surface area contributed by atoms with Crippen molar-refractivity contribution in [2.75, 3.05) is 59.1 Å². The molecule has 0 saturated heterocycles. The van der Waals surface area contributed by atoms with Gasteiger partial charge in [0.2, 0.25) is 0 Å². The molecule has 61 heavy (non-hydrogen) atoms. The summed E-state index contributed by atoms with van der Waals surface area (Å²) in [6.07, 6.45) is 43.4. The Hall–Kier alpha value is -1.18. The Bertz CT molecular complexity index is 871. The van der Waals surface area contributed by atoms with Crippen LogP contribution in [0.15, 0.2) is 0 Å². The summed E-state index contributed by atoms with van der Waals surface area (Å²) < 4.78 is 11.7. The highest BCUT2D eigenvalue weighted by Crippen LogP contribution is 2.22. The minimum atomic E-state index is -0.0233. The molecule has 0 aromatic rings. The van der Waals surface area contributed by atoms with E-state index < -0.39 is 0 Å². The summed E-state index contributed by atoms with van der Waals surface area (Å²) in [5.74, 6) is 1.01. The van der Waals surface area contributed by atoms with Gasteiger partial charge in [-0.15, -0.1) is 0 Å². The van der Waals surface area contributed by atoms with E-state index in [0.717, 1.165) is 71.2 Å². The molecule has 0 aromatic heterocycles. The molecule has 0 rings (SSSR count). The lowest BCUT2D eigenvalue weighted by atomic mass is 9.94. The average Bonchev–Trinajstić information content (AvgIpc) is 3.26. The molecule has 7 nitrogen and oxygen atoms in total. The molecule has 0 aliphatic rings. The fraction of sp³-hybridized carbons (Fsp3) is 0.963. The average molecular weight is 865 g/mol. The number of likely N-dealkylation sites (N-methyl/N-ethyl adjacent to an activating group) is 1. The minimum absolute atomic E-state index is 0.00831. The highest BCUT2D eigenvalue weighted by Gasteiger charge is 2.15. The molecule has 0 atom stereocenters. The lowest BCUT2D eigenvalue weighted by Gasteiger charge is -2.26. The molecule has 0 heterocycles. The zero-order valence-electron chi connectivity index (χ0n) is 41.9. The van der Waals surface area contributed by atoms with Crippen LogP contribution in [0.4, 0.5) is 0 Å². The molecule has 0 amide bonds. The van der Waals surface area contributed by atoms with E-state index in [2.05, 4.69) is 44.4 Å². The lowest BCUT2D eigenvalue weighted by molar-refractivity contribution is -0.146. The van der Waals surface area contributed by atoms with Crippen LogP contribution < -0.4 is 0 Å². The maximum absolute atomic E-state index is 12.7. The van der Waals surface area contributed by atoms with Crippen LogP contribution in [0.5, 0.6) is 0 Å². The van der Waals surface area contributed by atoms with Crippen molar-refractivity contribution < 1.29 is 24.2 Å². The summed E-state index contributed by atoms with van der Waals surface area (Å²) in [7, 11) is 0. The summed E-state index contributed by atoms with van der Waals surface area (Å²) in [4.78, 5) is 30.3. The van der Waals surface area contributed by atoms with Gasteiger partial charge in [-0.3, -0.25) is 14.5 Å². The number of rotatable bonds is 50. The zero-order chi connectivity index (χ0) is 44.7. The van der Waals surface area contributed by atoms with Gasteiger partial charge < -0.3 is 19.5 Å². The Labute approximate surface area is 381 Å². The van der Waals surface area contributed by atoms with Crippen LogP contribution in [0, 0.1) is 11.8 Å². The maximum atomic E-state index is 12.7. The molecule has 0 fully saturated rings. The molecule has 0 radical (unpaired) electrons.